The number of benzene rings is 1. The van der Waals surface area contributed by atoms with Gasteiger partial charge in [-0.05, 0) is 30.5 Å². The van der Waals surface area contributed by atoms with Crippen LogP contribution >= 0.6 is 0 Å². The first-order valence-corrected chi connectivity index (χ1v) is 8.16. The Morgan fingerprint density at radius 1 is 1.09 bits per heavy atom. The van der Waals surface area contributed by atoms with Crippen LogP contribution in [0, 0.1) is 0 Å². The van der Waals surface area contributed by atoms with Gasteiger partial charge in [0, 0.05) is 19.0 Å². The van der Waals surface area contributed by atoms with Crippen LogP contribution in [-0.4, -0.2) is 18.5 Å². The fourth-order valence-corrected chi connectivity index (χ4v) is 2.59. The third kappa shape index (κ3) is 5.02. The number of rotatable bonds is 6. The highest BCUT2D eigenvalue weighted by Crippen LogP contribution is 2.09. The number of hydrogen-bond donors (Lipinski definition) is 2. The summed E-state index contributed by atoms with van der Waals surface area (Å²) in [4.78, 5) is 4.71. The molecule has 0 radical (unpaired) electrons. The lowest BCUT2D eigenvalue weighted by Crippen LogP contribution is -2.43. The van der Waals surface area contributed by atoms with Crippen molar-refractivity contribution in [1.82, 2.24) is 10.6 Å². The molecule has 1 aromatic carbocycles. The summed E-state index contributed by atoms with van der Waals surface area (Å²) in [5, 5.41) is 6.92. The lowest BCUT2D eigenvalue weighted by atomic mass is 10.2. The molecule has 2 N–H and O–H groups in total. The van der Waals surface area contributed by atoms with Crippen molar-refractivity contribution in [3.05, 3.63) is 72.2 Å². The van der Waals surface area contributed by atoms with E-state index in [1.54, 1.807) is 6.26 Å². The molecule has 0 bridgehead atoms. The van der Waals surface area contributed by atoms with Gasteiger partial charge in [-0.3, -0.25) is 0 Å². The Hall–Kier alpha value is -2.49. The summed E-state index contributed by atoms with van der Waals surface area (Å²) in [6.45, 7) is 1.48. The van der Waals surface area contributed by atoms with Gasteiger partial charge in [-0.2, -0.15) is 0 Å². The Kier molecular flexibility index (Phi) is 5.51. The van der Waals surface area contributed by atoms with Crippen LogP contribution in [0.1, 0.15) is 24.2 Å². The molecular weight excluding hydrogens is 286 g/mol. The van der Waals surface area contributed by atoms with E-state index in [0.29, 0.717) is 12.6 Å². The van der Waals surface area contributed by atoms with Gasteiger partial charge < -0.3 is 15.1 Å². The van der Waals surface area contributed by atoms with Gasteiger partial charge in [-0.1, -0.05) is 42.5 Å². The minimum Gasteiger partial charge on any atom is -0.469 e. The quantitative estimate of drug-likeness (QED) is 0.489. The van der Waals surface area contributed by atoms with E-state index in [-0.39, 0.29) is 0 Å². The molecule has 0 amide bonds. The topological polar surface area (TPSA) is 49.6 Å². The maximum atomic E-state index is 5.37. The van der Waals surface area contributed by atoms with E-state index >= 15 is 0 Å². The van der Waals surface area contributed by atoms with Gasteiger partial charge in [-0.15, -0.1) is 0 Å². The molecule has 0 unspecified atom stereocenters. The summed E-state index contributed by atoms with van der Waals surface area (Å²) in [5.41, 5.74) is 1.21. The average Bonchev–Trinajstić information content (AvgIpc) is 3.27. The summed E-state index contributed by atoms with van der Waals surface area (Å²) in [6, 6.07) is 14.7. The second kappa shape index (κ2) is 8.22. The number of furan rings is 1. The van der Waals surface area contributed by atoms with Gasteiger partial charge in [0.05, 0.1) is 12.8 Å². The van der Waals surface area contributed by atoms with Crippen LogP contribution in [0.3, 0.4) is 0 Å². The average molecular weight is 309 g/mol. The second-order valence-corrected chi connectivity index (χ2v) is 5.69. The van der Waals surface area contributed by atoms with E-state index in [1.165, 1.54) is 5.56 Å². The Bertz CT molecular complexity index is 624. The highest BCUT2D eigenvalue weighted by Gasteiger charge is 2.11. The highest BCUT2D eigenvalue weighted by atomic mass is 16.3. The predicted molar refractivity (Wildman–Crippen MR) is 93.3 cm³/mol. The maximum Gasteiger partial charge on any atom is 0.191 e. The first kappa shape index (κ1) is 15.4. The summed E-state index contributed by atoms with van der Waals surface area (Å²) >= 11 is 0. The van der Waals surface area contributed by atoms with Crippen molar-refractivity contribution >= 4 is 5.96 Å². The molecule has 0 saturated carbocycles. The maximum absolute atomic E-state index is 5.37. The van der Waals surface area contributed by atoms with Crippen molar-refractivity contribution in [2.24, 2.45) is 4.99 Å². The molecular formula is C19H23N3O. The van der Waals surface area contributed by atoms with Gasteiger partial charge in [-0.25, -0.2) is 4.99 Å². The van der Waals surface area contributed by atoms with Crippen molar-refractivity contribution in [3.8, 4) is 0 Å². The molecule has 3 rings (SSSR count). The predicted octanol–water partition coefficient (Wildman–Crippen LogP) is 3.28. The molecule has 1 heterocycles. The van der Waals surface area contributed by atoms with Gasteiger partial charge in [0.15, 0.2) is 5.96 Å². The van der Waals surface area contributed by atoms with Crippen molar-refractivity contribution < 1.29 is 4.42 Å². The lowest BCUT2D eigenvalue weighted by Gasteiger charge is -2.17. The van der Waals surface area contributed by atoms with Crippen LogP contribution < -0.4 is 10.6 Å². The van der Waals surface area contributed by atoms with Gasteiger partial charge in [0.1, 0.15) is 5.76 Å². The normalized spacial score (nSPS) is 15.0. The summed E-state index contributed by atoms with van der Waals surface area (Å²) in [6.07, 6.45) is 9.11. The van der Waals surface area contributed by atoms with E-state index in [2.05, 4.69) is 34.9 Å². The number of nitrogens with one attached hydrogen (secondary N) is 2. The zero-order valence-electron chi connectivity index (χ0n) is 13.2. The van der Waals surface area contributed by atoms with E-state index < -0.39 is 0 Å². The monoisotopic (exact) mass is 309 g/mol. The molecule has 2 aromatic rings. The number of guanidine groups is 1. The number of hydrogen-bond acceptors (Lipinski definition) is 2. The largest absolute Gasteiger partial charge is 0.469 e. The van der Waals surface area contributed by atoms with Crippen LogP contribution in [0.5, 0.6) is 0 Å². The molecule has 1 aliphatic rings. The molecule has 4 nitrogen and oxygen atoms in total. The fraction of sp³-hybridized carbons (Fsp3) is 0.316. The molecule has 0 aliphatic heterocycles. The van der Waals surface area contributed by atoms with E-state index in [9.17, 15) is 0 Å². The molecule has 0 atom stereocenters. The third-order valence-corrected chi connectivity index (χ3v) is 3.86. The minimum absolute atomic E-state index is 0.445. The molecule has 120 valence electrons. The molecule has 0 spiro atoms. The second-order valence-electron chi connectivity index (χ2n) is 5.69. The SMILES string of the molecule is C1=CCC(NC(=NCc2ccccc2)NCCc2ccco2)C1. The number of nitrogens with zero attached hydrogens (tertiary/aromatic N) is 1. The van der Waals surface area contributed by atoms with Crippen LogP contribution in [0.4, 0.5) is 0 Å². The van der Waals surface area contributed by atoms with Crippen LogP contribution in [0.2, 0.25) is 0 Å². The van der Waals surface area contributed by atoms with Gasteiger partial charge in [0.25, 0.3) is 0 Å². The van der Waals surface area contributed by atoms with Crippen molar-refractivity contribution in [1.29, 1.82) is 0 Å². The van der Waals surface area contributed by atoms with Crippen molar-refractivity contribution in [2.45, 2.75) is 31.8 Å². The molecule has 0 fully saturated rings. The smallest absolute Gasteiger partial charge is 0.191 e. The summed E-state index contributed by atoms with van der Waals surface area (Å²) in [5.74, 6) is 1.86. The molecule has 1 aromatic heterocycles. The standard InChI is InChI=1S/C19H23N3O/c1-2-7-16(8-3-1)15-21-19(22-17-9-4-5-10-17)20-13-12-18-11-6-14-23-18/h1-8,11,14,17H,9-10,12-13,15H2,(H2,20,21,22). The minimum atomic E-state index is 0.445. The molecule has 0 saturated heterocycles. The van der Waals surface area contributed by atoms with Crippen LogP contribution in [0.25, 0.3) is 0 Å². The summed E-state index contributed by atoms with van der Waals surface area (Å²) in [7, 11) is 0. The first-order valence-electron chi connectivity index (χ1n) is 8.16. The highest BCUT2D eigenvalue weighted by molar-refractivity contribution is 5.80. The number of aliphatic imine (C=N–C) groups is 1. The van der Waals surface area contributed by atoms with Crippen LogP contribution in [-0.2, 0) is 13.0 Å². The zero-order chi connectivity index (χ0) is 15.7. The molecule has 4 heteroatoms. The van der Waals surface area contributed by atoms with E-state index in [4.69, 9.17) is 9.41 Å². The van der Waals surface area contributed by atoms with E-state index in [0.717, 1.165) is 37.5 Å². The molecule has 1 aliphatic carbocycles. The Labute approximate surface area is 137 Å². The third-order valence-electron chi connectivity index (χ3n) is 3.86. The first-order chi connectivity index (χ1) is 11.4. The Morgan fingerprint density at radius 2 is 1.91 bits per heavy atom. The lowest BCUT2D eigenvalue weighted by molar-refractivity contribution is 0.506. The van der Waals surface area contributed by atoms with Gasteiger partial charge >= 0.3 is 0 Å². The van der Waals surface area contributed by atoms with Crippen molar-refractivity contribution in [3.63, 3.8) is 0 Å². The zero-order valence-corrected chi connectivity index (χ0v) is 13.2. The molecule has 23 heavy (non-hydrogen) atoms. The Morgan fingerprint density at radius 3 is 2.65 bits per heavy atom. The summed E-state index contributed by atoms with van der Waals surface area (Å²) < 4.78 is 5.37. The fourth-order valence-electron chi connectivity index (χ4n) is 2.59. The van der Waals surface area contributed by atoms with Crippen LogP contribution in [0.15, 0.2) is 70.3 Å². The Balaban J connectivity index is 1.55. The van der Waals surface area contributed by atoms with E-state index in [1.807, 2.05) is 30.3 Å². The van der Waals surface area contributed by atoms with Gasteiger partial charge in [0.2, 0.25) is 0 Å². The van der Waals surface area contributed by atoms with Crippen molar-refractivity contribution in [2.75, 3.05) is 6.54 Å².